The average molecular weight is 286 g/mol. The standard InChI is InChI=1S/C15H14N2O2S/c1-3-19-12-6-4-5-11(7-12)14-13(8-18)17-10(2)9-20-15(17)16-14/h4-9H,3H2,1-2H3. The molecule has 0 N–H and O–H groups in total. The molecule has 4 nitrogen and oxygen atoms in total. The average Bonchev–Trinajstić information content (AvgIpc) is 3.00. The lowest BCUT2D eigenvalue weighted by Gasteiger charge is -2.05. The van der Waals surface area contributed by atoms with Gasteiger partial charge >= 0.3 is 0 Å². The van der Waals surface area contributed by atoms with Crippen molar-refractivity contribution in [3.63, 3.8) is 0 Å². The number of fused-ring (bicyclic) bond motifs is 1. The van der Waals surface area contributed by atoms with E-state index < -0.39 is 0 Å². The van der Waals surface area contributed by atoms with E-state index in [1.54, 1.807) is 0 Å². The second-order valence-electron chi connectivity index (χ2n) is 4.42. The molecule has 3 rings (SSSR count). The quantitative estimate of drug-likeness (QED) is 0.688. The zero-order chi connectivity index (χ0) is 14.1. The summed E-state index contributed by atoms with van der Waals surface area (Å²) in [6, 6.07) is 7.67. The number of aromatic nitrogens is 2. The van der Waals surface area contributed by atoms with E-state index in [4.69, 9.17) is 4.74 Å². The van der Waals surface area contributed by atoms with Crippen molar-refractivity contribution in [3.05, 3.63) is 41.0 Å². The molecule has 3 aromatic rings. The van der Waals surface area contributed by atoms with Crippen LogP contribution in [0.5, 0.6) is 5.75 Å². The van der Waals surface area contributed by atoms with Crippen LogP contribution in [-0.4, -0.2) is 22.3 Å². The molecule has 2 aromatic heterocycles. The Morgan fingerprint density at radius 3 is 3.05 bits per heavy atom. The summed E-state index contributed by atoms with van der Waals surface area (Å²) in [5.74, 6) is 0.787. The van der Waals surface area contributed by atoms with Crippen molar-refractivity contribution in [2.24, 2.45) is 0 Å². The minimum atomic E-state index is 0.590. The molecule has 0 saturated heterocycles. The highest BCUT2D eigenvalue weighted by Crippen LogP contribution is 2.29. The van der Waals surface area contributed by atoms with Gasteiger partial charge in [-0.2, -0.15) is 0 Å². The van der Waals surface area contributed by atoms with E-state index in [2.05, 4.69) is 4.98 Å². The third-order valence-corrected chi connectivity index (χ3v) is 4.04. The summed E-state index contributed by atoms with van der Waals surface area (Å²) < 4.78 is 7.39. The number of imidazole rings is 1. The fraction of sp³-hybridized carbons (Fsp3) is 0.200. The molecule has 1 aromatic carbocycles. The van der Waals surface area contributed by atoms with Crippen LogP contribution in [0.1, 0.15) is 23.1 Å². The third-order valence-electron chi connectivity index (χ3n) is 3.10. The van der Waals surface area contributed by atoms with Crippen LogP contribution in [0.3, 0.4) is 0 Å². The van der Waals surface area contributed by atoms with Gasteiger partial charge in [-0.3, -0.25) is 9.20 Å². The molecule has 0 radical (unpaired) electrons. The second kappa shape index (κ2) is 5.09. The van der Waals surface area contributed by atoms with E-state index in [1.165, 1.54) is 11.3 Å². The lowest BCUT2D eigenvalue weighted by Crippen LogP contribution is -1.94. The predicted molar refractivity (Wildman–Crippen MR) is 79.8 cm³/mol. The Balaban J connectivity index is 2.18. The van der Waals surface area contributed by atoms with Gasteiger partial charge in [0.05, 0.1) is 6.61 Å². The van der Waals surface area contributed by atoms with Crippen LogP contribution in [0.15, 0.2) is 29.6 Å². The molecular weight excluding hydrogens is 272 g/mol. The van der Waals surface area contributed by atoms with Crippen molar-refractivity contribution in [1.82, 2.24) is 9.38 Å². The number of aryl methyl sites for hydroxylation is 1. The van der Waals surface area contributed by atoms with Gasteiger partial charge in [0.25, 0.3) is 0 Å². The smallest absolute Gasteiger partial charge is 0.195 e. The van der Waals surface area contributed by atoms with Gasteiger partial charge in [-0.25, -0.2) is 4.98 Å². The van der Waals surface area contributed by atoms with Gasteiger partial charge in [0.15, 0.2) is 11.2 Å². The number of hydrogen-bond donors (Lipinski definition) is 0. The molecule has 0 atom stereocenters. The van der Waals surface area contributed by atoms with Crippen molar-refractivity contribution >= 4 is 22.6 Å². The van der Waals surface area contributed by atoms with E-state index >= 15 is 0 Å². The van der Waals surface area contributed by atoms with Gasteiger partial charge in [0.2, 0.25) is 0 Å². The molecule has 5 heteroatoms. The summed E-state index contributed by atoms with van der Waals surface area (Å²) in [4.78, 5) is 16.9. The van der Waals surface area contributed by atoms with Crippen LogP contribution in [0, 0.1) is 6.92 Å². The van der Waals surface area contributed by atoms with Crippen molar-refractivity contribution < 1.29 is 9.53 Å². The van der Waals surface area contributed by atoms with Gasteiger partial charge < -0.3 is 4.74 Å². The SMILES string of the molecule is CCOc1cccc(-c2nc3scc(C)n3c2C=O)c1. The first-order valence-corrected chi connectivity index (χ1v) is 7.27. The summed E-state index contributed by atoms with van der Waals surface area (Å²) in [6.07, 6.45) is 0.863. The number of ether oxygens (including phenoxy) is 1. The number of benzene rings is 1. The Bertz CT molecular complexity index is 773. The summed E-state index contributed by atoms with van der Waals surface area (Å²) in [5.41, 5.74) is 3.21. The molecule has 102 valence electrons. The molecule has 0 aliphatic heterocycles. The highest BCUT2D eigenvalue weighted by atomic mass is 32.1. The minimum absolute atomic E-state index is 0.590. The molecule has 20 heavy (non-hydrogen) atoms. The zero-order valence-electron chi connectivity index (χ0n) is 11.3. The third kappa shape index (κ3) is 2.00. The summed E-state index contributed by atoms with van der Waals surface area (Å²) in [7, 11) is 0. The number of nitrogens with zero attached hydrogens (tertiary/aromatic N) is 2. The Kier molecular flexibility index (Phi) is 3.28. The maximum atomic E-state index is 11.4. The van der Waals surface area contributed by atoms with Gasteiger partial charge in [-0.1, -0.05) is 12.1 Å². The van der Waals surface area contributed by atoms with Gasteiger partial charge in [0.1, 0.15) is 17.1 Å². The lowest BCUT2D eigenvalue weighted by molar-refractivity contribution is 0.111. The normalized spacial score (nSPS) is 10.9. The highest BCUT2D eigenvalue weighted by Gasteiger charge is 2.16. The Hall–Kier alpha value is -2.14. The fourth-order valence-electron chi connectivity index (χ4n) is 2.24. The van der Waals surface area contributed by atoms with Crippen LogP contribution < -0.4 is 4.74 Å². The van der Waals surface area contributed by atoms with E-state index in [1.807, 2.05) is 47.9 Å². The maximum absolute atomic E-state index is 11.4. The maximum Gasteiger partial charge on any atom is 0.195 e. The number of carbonyl (C=O) groups excluding carboxylic acids is 1. The first kappa shape index (κ1) is 12.9. The molecule has 0 aliphatic rings. The van der Waals surface area contributed by atoms with Crippen LogP contribution in [-0.2, 0) is 0 Å². The number of hydrogen-bond acceptors (Lipinski definition) is 4. The molecule has 0 amide bonds. The molecule has 0 spiro atoms. The molecule has 0 saturated carbocycles. The van der Waals surface area contributed by atoms with Crippen molar-refractivity contribution in [1.29, 1.82) is 0 Å². The second-order valence-corrected chi connectivity index (χ2v) is 5.26. The van der Waals surface area contributed by atoms with E-state index in [9.17, 15) is 4.79 Å². The minimum Gasteiger partial charge on any atom is -0.494 e. The molecular formula is C15H14N2O2S. The van der Waals surface area contributed by atoms with Crippen molar-refractivity contribution in [2.75, 3.05) is 6.61 Å². The predicted octanol–water partition coefficient (Wildman–Crippen LogP) is 3.58. The number of carbonyl (C=O) groups is 1. The van der Waals surface area contributed by atoms with E-state index in [0.717, 1.165) is 28.3 Å². The number of thiazole rings is 1. The van der Waals surface area contributed by atoms with Gasteiger partial charge in [-0.15, -0.1) is 11.3 Å². The first-order chi connectivity index (χ1) is 9.74. The summed E-state index contributed by atoms with van der Waals surface area (Å²) in [5, 5.41) is 2.00. The molecule has 0 bridgehead atoms. The molecule has 0 unspecified atom stereocenters. The van der Waals surface area contributed by atoms with Crippen LogP contribution in [0.25, 0.3) is 16.2 Å². The highest BCUT2D eigenvalue weighted by molar-refractivity contribution is 7.15. The molecule has 2 heterocycles. The Labute approximate surface area is 120 Å². The van der Waals surface area contributed by atoms with E-state index in [-0.39, 0.29) is 0 Å². The topological polar surface area (TPSA) is 43.6 Å². The number of aldehydes is 1. The lowest BCUT2D eigenvalue weighted by atomic mass is 10.1. The van der Waals surface area contributed by atoms with Crippen LogP contribution in [0.2, 0.25) is 0 Å². The Morgan fingerprint density at radius 1 is 1.45 bits per heavy atom. The number of rotatable bonds is 4. The Morgan fingerprint density at radius 2 is 2.30 bits per heavy atom. The zero-order valence-corrected chi connectivity index (χ0v) is 12.1. The molecule has 0 aliphatic carbocycles. The first-order valence-electron chi connectivity index (χ1n) is 6.39. The monoisotopic (exact) mass is 286 g/mol. The summed E-state index contributed by atoms with van der Waals surface area (Å²) in [6.45, 7) is 4.53. The van der Waals surface area contributed by atoms with Crippen molar-refractivity contribution in [3.8, 4) is 17.0 Å². The van der Waals surface area contributed by atoms with Crippen LogP contribution >= 0.6 is 11.3 Å². The van der Waals surface area contributed by atoms with Gasteiger partial charge in [-0.05, 0) is 26.0 Å². The van der Waals surface area contributed by atoms with Gasteiger partial charge in [0, 0.05) is 16.6 Å². The summed E-state index contributed by atoms with van der Waals surface area (Å²) >= 11 is 1.54. The molecule has 0 fully saturated rings. The largest absolute Gasteiger partial charge is 0.494 e. The van der Waals surface area contributed by atoms with E-state index in [0.29, 0.717) is 18.0 Å². The fourth-order valence-corrected chi connectivity index (χ4v) is 3.12. The van der Waals surface area contributed by atoms with Crippen molar-refractivity contribution in [2.45, 2.75) is 13.8 Å². The van der Waals surface area contributed by atoms with Crippen LogP contribution in [0.4, 0.5) is 0 Å².